The Hall–Kier alpha value is -2.73. The number of benzene rings is 2. The van der Waals surface area contributed by atoms with Crippen molar-refractivity contribution in [2.45, 2.75) is 12.7 Å². The van der Waals surface area contributed by atoms with Gasteiger partial charge in [0.05, 0.1) is 12.8 Å². The Morgan fingerprint density at radius 1 is 1.15 bits per heavy atom. The molecule has 0 unspecified atom stereocenters. The lowest BCUT2D eigenvalue weighted by atomic mass is 10.2. The van der Waals surface area contributed by atoms with Gasteiger partial charge in [0, 0.05) is 5.75 Å². The van der Waals surface area contributed by atoms with Gasteiger partial charge in [-0.05, 0) is 36.2 Å². The predicted octanol–water partition coefficient (Wildman–Crippen LogP) is 4.23. The third kappa shape index (κ3) is 6.64. The highest BCUT2D eigenvalue weighted by Crippen LogP contribution is 2.28. The van der Waals surface area contributed by atoms with Crippen LogP contribution in [0.5, 0.6) is 11.5 Å². The lowest BCUT2D eigenvalue weighted by molar-refractivity contribution is 0.297. The number of thioether (sulfide) groups is 1. The summed E-state index contributed by atoms with van der Waals surface area (Å²) in [5.41, 5.74) is 7.93. The molecule has 5 nitrogen and oxygen atoms in total. The number of nitrogens with zero attached hydrogens (tertiary/aromatic N) is 2. The number of amidine groups is 1. The summed E-state index contributed by atoms with van der Waals surface area (Å²) < 4.78 is 11.2. The molecule has 2 aromatic rings. The smallest absolute Gasteiger partial charge is 0.180 e. The third-order valence-electron chi connectivity index (χ3n) is 3.22. The largest absolute Gasteiger partial charge is 0.490 e. The maximum absolute atomic E-state index is 5.89. The van der Waals surface area contributed by atoms with Gasteiger partial charge in [-0.1, -0.05) is 54.7 Å². The van der Waals surface area contributed by atoms with E-state index in [2.05, 4.69) is 28.9 Å². The Bertz CT molecular complexity index is 761. The zero-order valence-electron chi connectivity index (χ0n) is 14.8. The molecule has 2 aromatic carbocycles. The van der Waals surface area contributed by atoms with Gasteiger partial charge in [-0.25, -0.2) is 0 Å². The Balaban J connectivity index is 1.97. The van der Waals surface area contributed by atoms with Crippen molar-refractivity contribution in [3.8, 4) is 11.5 Å². The number of nitrogens with two attached hydrogens (primary N) is 1. The van der Waals surface area contributed by atoms with Gasteiger partial charge in [-0.2, -0.15) is 5.10 Å². The molecule has 136 valence electrons. The summed E-state index contributed by atoms with van der Waals surface area (Å²) in [5.74, 6) is 2.09. The minimum atomic E-state index is 0.418. The average molecular weight is 369 g/mol. The lowest BCUT2D eigenvalue weighted by Crippen LogP contribution is -2.06. The second kappa shape index (κ2) is 11.0. The van der Waals surface area contributed by atoms with E-state index in [1.165, 1.54) is 17.3 Å². The quantitative estimate of drug-likeness (QED) is 0.311. The molecule has 0 saturated heterocycles. The van der Waals surface area contributed by atoms with Crippen molar-refractivity contribution in [2.24, 2.45) is 15.9 Å². The van der Waals surface area contributed by atoms with E-state index in [1.54, 1.807) is 12.3 Å². The van der Waals surface area contributed by atoms with Gasteiger partial charge in [0.15, 0.2) is 16.7 Å². The first kappa shape index (κ1) is 19.6. The molecule has 26 heavy (non-hydrogen) atoms. The SMILES string of the molecule is C=CCOc1ccc(C=NN=C(N)SCc2ccccc2)cc1OCC. The van der Waals surface area contributed by atoms with Crippen LogP contribution in [-0.4, -0.2) is 24.6 Å². The highest BCUT2D eigenvalue weighted by atomic mass is 32.2. The van der Waals surface area contributed by atoms with Crippen LogP contribution in [-0.2, 0) is 5.75 Å². The van der Waals surface area contributed by atoms with Crippen LogP contribution in [0, 0.1) is 0 Å². The van der Waals surface area contributed by atoms with Crippen LogP contribution in [0.1, 0.15) is 18.1 Å². The van der Waals surface area contributed by atoms with Crippen molar-refractivity contribution < 1.29 is 9.47 Å². The van der Waals surface area contributed by atoms with E-state index in [4.69, 9.17) is 15.2 Å². The summed E-state index contributed by atoms with van der Waals surface area (Å²) in [6.07, 6.45) is 3.32. The van der Waals surface area contributed by atoms with Crippen molar-refractivity contribution in [2.75, 3.05) is 13.2 Å². The fourth-order valence-corrected chi connectivity index (χ4v) is 2.67. The molecule has 0 fully saturated rings. The first-order valence-corrected chi connectivity index (χ1v) is 9.25. The molecule has 2 N–H and O–H groups in total. The molecule has 0 saturated carbocycles. The number of rotatable bonds is 9. The van der Waals surface area contributed by atoms with Crippen LogP contribution in [0.2, 0.25) is 0 Å². The van der Waals surface area contributed by atoms with Crippen LogP contribution in [0.15, 0.2) is 71.4 Å². The Morgan fingerprint density at radius 3 is 2.69 bits per heavy atom. The van der Waals surface area contributed by atoms with Gasteiger partial charge in [-0.15, -0.1) is 5.10 Å². The molecule has 0 spiro atoms. The fourth-order valence-electron chi connectivity index (χ4n) is 2.05. The van der Waals surface area contributed by atoms with E-state index < -0.39 is 0 Å². The Kier molecular flexibility index (Phi) is 8.29. The third-order valence-corrected chi connectivity index (χ3v) is 4.07. The van der Waals surface area contributed by atoms with E-state index >= 15 is 0 Å². The normalized spacial score (nSPS) is 11.5. The average Bonchev–Trinajstić information content (AvgIpc) is 2.67. The molecular weight excluding hydrogens is 346 g/mol. The second-order valence-electron chi connectivity index (χ2n) is 5.20. The molecule has 0 radical (unpaired) electrons. The van der Waals surface area contributed by atoms with E-state index in [-0.39, 0.29) is 0 Å². The molecule has 0 atom stereocenters. The molecule has 0 bridgehead atoms. The van der Waals surface area contributed by atoms with Crippen LogP contribution in [0.25, 0.3) is 0 Å². The molecule has 0 aliphatic carbocycles. The minimum absolute atomic E-state index is 0.418. The van der Waals surface area contributed by atoms with Gasteiger partial charge in [0.2, 0.25) is 0 Å². The highest BCUT2D eigenvalue weighted by Gasteiger charge is 2.05. The molecule has 0 aliphatic rings. The molecular formula is C20H23N3O2S. The zero-order chi connectivity index (χ0) is 18.6. The van der Waals surface area contributed by atoms with Crippen LogP contribution >= 0.6 is 11.8 Å². The molecule has 0 heterocycles. The number of hydrogen-bond donors (Lipinski definition) is 1. The maximum Gasteiger partial charge on any atom is 0.180 e. The molecule has 0 aliphatic heterocycles. The maximum atomic E-state index is 5.89. The van der Waals surface area contributed by atoms with Crippen molar-refractivity contribution in [3.63, 3.8) is 0 Å². The summed E-state index contributed by atoms with van der Waals surface area (Å²) in [6, 6.07) is 15.7. The van der Waals surface area contributed by atoms with Gasteiger partial charge in [0.1, 0.15) is 6.61 Å². The predicted molar refractivity (Wildman–Crippen MR) is 110 cm³/mol. The van der Waals surface area contributed by atoms with Crippen molar-refractivity contribution >= 4 is 23.1 Å². The minimum Gasteiger partial charge on any atom is -0.490 e. The summed E-state index contributed by atoms with van der Waals surface area (Å²) in [6.45, 7) is 6.54. The molecule has 0 amide bonds. The van der Waals surface area contributed by atoms with Crippen LogP contribution in [0.3, 0.4) is 0 Å². The summed E-state index contributed by atoms with van der Waals surface area (Å²) in [5, 5.41) is 8.49. The first-order chi connectivity index (χ1) is 12.7. The molecule has 2 rings (SSSR count). The number of ether oxygens (including phenoxy) is 2. The fraction of sp³-hybridized carbons (Fsp3) is 0.200. The summed E-state index contributed by atoms with van der Waals surface area (Å²) in [4.78, 5) is 0. The zero-order valence-corrected chi connectivity index (χ0v) is 15.6. The van der Waals surface area contributed by atoms with E-state index in [0.717, 1.165) is 11.3 Å². The molecule has 6 heteroatoms. The van der Waals surface area contributed by atoms with Gasteiger partial charge in [0.25, 0.3) is 0 Å². The highest BCUT2D eigenvalue weighted by molar-refractivity contribution is 8.13. The lowest BCUT2D eigenvalue weighted by Gasteiger charge is -2.11. The van der Waals surface area contributed by atoms with E-state index in [0.29, 0.717) is 29.9 Å². The Morgan fingerprint density at radius 2 is 1.96 bits per heavy atom. The summed E-state index contributed by atoms with van der Waals surface area (Å²) >= 11 is 1.45. The number of hydrogen-bond acceptors (Lipinski definition) is 5. The van der Waals surface area contributed by atoms with E-state index in [9.17, 15) is 0 Å². The molecule has 0 aromatic heterocycles. The van der Waals surface area contributed by atoms with Crippen molar-refractivity contribution in [3.05, 3.63) is 72.3 Å². The van der Waals surface area contributed by atoms with Crippen molar-refractivity contribution in [1.29, 1.82) is 0 Å². The Labute approximate surface area is 158 Å². The van der Waals surface area contributed by atoms with Crippen molar-refractivity contribution in [1.82, 2.24) is 0 Å². The van der Waals surface area contributed by atoms with E-state index in [1.807, 2.05) is 43.3 Å². The second-order valence-corrected chi connectivity index (χ2v) is 6.19. The standard InChI is InChI=1S/C20H23N3O2S/c1-3-12-25-18-11-10-17(13-19(18)24-4-2)14-22-23-20(21)26-15-16-8-6-5-7-9-16/h3,5-11,13-14H,1,4,12,15H2,2H3,(H2,21,23). The first-order valence-electron chi connectivity index (χ1n) is 8.26. The summed E-state index contributed by atoms with van der Waals surface area (Å²) in [7, 11) is 0. The van der Waals surface area contributed by atoms with Gasteiger partial charge >= 0.3 is 0 Å². The van der Waals surface area contributed by atoms with Gasteiger partial charge in [-0.3, -0.25) is 0 Å². The monoisotopic (exact) mass is 369 g/mol. The van der Waals surface area contributed by atoms with Crippen LogP contribution in [0.4, 0.5) is 0 Å². The van der Waals surface area contributed by atoms with Gasteiger partial charge < -0.3 is 15.2 Å². The van der Waals surface area contributed by atoms with Crippen LogP contribution < -0.4 is 15.2 Å². The topological polar surface area (TPSA) is 69.2 Å².